The second-order valence-electron chi connectivity index (χ2n) is 5.90. The molecule has 3 nitrogen and oxygen atoms in total. The van der Waals surface area contributed by atoms with Crippen LogP contribution in [-0.4, -0.2) is 31.8 Å². The Labute approximate surface area is 110 Å². The third-order valence-electron chi connectivity index (χ3n) is 3.92. The van der Waals surface area contributed by atoms with Gasteiger partial charge in [0.2, 0.25) is 0 Å². The van der Waals surface area contributed by atoms with E-state index in [0.717, 1.165) is 6.44 Å². The summed E-state index contributed by atoms with van der Waals surface area (Å²) >= 11 is 0. The predicted molar refractivity (Wildman–Crippen MR) is 75.8 cm³/mol. The van der Waals surface area contributed by atoms with Gasteiger partial charge in [-0.25, -0.2) is 0 Å². The Kier molecular flexibility index (Phi) is 3.43. The summed E-state index contributed by atoms with van der Waals surface area (Å²) in [5.74, 6) is 0. The first kappa shape index (κ1) is 13.4. The summed E-state index contributed by atoms with van der Waals surface area (Å²) in [7, 11) is 1.88. The number of benzene rings is 1. The van der Waals surface area contributed by atoms with Crippen molar-refractivity contribution in [3.05, 3.63) is 30.3 Å². The van der Waals surface area contributed by atoms with Gasteiger partial charge >= 0.3 is 7.12 Å². The molecule has 1 saturated heterocycles. The molecule has 0 radical (unpaired) electrons. The molecular weight excluding hydrogens is 225 g/mol. The van der Waals surface area contributed by atoms with Gasteiger partial charge in [-0.15, -0.1) is 0 Å². The molecule has 0 aliphatic carbocycles. The number of hydrogen-bond donors (Lipinski definition) is 0. The molecule has 0 spiro atoms. The Morgan fingerprint density at radius 3 is 2.00 bits per heavy atom. The van der Waals surface area contributed by atoms with Crippen LogP contribution in [0.2, 0.25) is 0 Å². The largest absolute Gasteiger partial charge is 0.478 e. The third kappa shape index (κ3) is 2.55. The summed E-state index contributed by atoms with van der Waals surface area (Å²) in [5, 5.41) is 0. The van der Waals surface area contributed by atoms with E-state index in [9.17, 15) is 0 Å². The van der Waals surface area contributed by atoms with Crippen LogP contribution in [0.15, 0.2) is 30.3 Å². The molecule has 0 unspecified atom stereocenters. The van der Waals surface area contributed by atoms with E-state index in [2.05, 4.69) is 51.8 Å². The van der Waals surface area contributed by atoms with E-state index in [-0.39, 0.29) is 18.3 Å². The Balaban J connectivity index is 2.00. The quantitative estimate of drug-likeness (QED) is 0.766. The van der Waals surface area contributed by atoms with Gasteiger partial charge in [0.15, 0.2) is 0 Å². The summed E-state index contributed by atoms with van der Waals surface area (Å²) in [6.07, 6.45) is 0.733. The van der Waals surface area contributed by atoms with Crippen LogP contribution in [0.5, 0.6) is 0 Å². The predicted octanol–water partition coefficient (Wildman–Crippen LogP) is 2.75. The molecular formula is C14H22BNO2. The molecule has 2 rings (SSSR count). The van der Waals surface area contributed by atoms with Gasteiger partial charge in [-0.2, -0.15) is 0 Å². The zero-order chi connectivity index (χ0) is 13.4. The smallest absolute Gasteiger partial charge is 0.402 e. The summed E-state index contributed by atoms with van der Waals surface area (Å²) in [5.41, 5.74) is 0.664. The maximum Gasteiger partial charge on any atom is 0.478 e. The maximum atomic E-state index is 5.99. The van der Waals surface area contributed by atoms with Gasteiger partial charge in [-0.3, -0.25) is 0 Å². The molecule has 0 N–H and O–H groups in total. The van der Waals surface area contributed by atoms with E-state index < -0.39 is 0 Å². The van der Waals surface area contributed by atoms with Crippen molar-refractivity contribution >= 4 is 12.8 Å². The van der Waals surface area contributed by atoms with Crippen LogP contribution in [0, 0.1) is 0 Å². The SMILES string of the molecule is CN(CB1OC(C)(C)C(C)(C)O1)c1ccccc1. The second kappa shape index (κ2) is 4.59. The summed E-state index contributed by atoms with van der Waals surface area (Å²) in [6, 6.07) is 10.3. The van der Waals surface area contributed by atoms with Crippen molar-refractivity contribution in [3.8, 4) is 0 Å². The lowest BCUT2D eigenvalue weighted by molar-refractivity contribution is 0.00578. The van der Waals surface area contributed by atoms with Crippen LogP contribution in [0.25, 0.3) is 0 Å². The first-order valence-corrected chi connectivity index (χ1v) is 6.44. The first-order valence-electron chi connectivity index (χ1n) is 6.44. The zero-order valence-corrected chi connectivity index (χ0v) is 11.9. The zero-order valence-electron chi connectivity index (χ0n) is 11.9. The number of para-hydroxylation sites is 1. The molecule has 0 bridgehead atoms. The van der Waals surface area contributed by atoms with Crippen LogP contribution in [0.3, 0.4) is 0 Å². The van der Waals surface area contributed by atoms with Crippen LogP contribution < -0.4 is 4.90 Å². The lowest BCUT2D eigenvalue weighted by Crippen LogP contribution is -2.41. The van der Waals surface area contributed by atoms with Gasteiger partial charge in [0.05, 0.1) is 17.6 Å². The van der Waals surface area contributed by atoms with Crippen molar-refractivity contribution in [2.45, 2.75) is 38.9 Å². The van der Waals surface area contributed by atoms with Crippen molar-refractivity contribution in [3.63, 3.8) is 0 Å². The number of rotatable bonds is 3. The highest BCUT2D eigenvalue weighted by molar-refractivity contribution is 6.46. The average molecular weight is 247 g/mol. The fourth-order valence-electron chi connectivity index (χ4n) is 2.05. The Hall–Kier alpha value is -0.995. The first-order chi connectivity index (χ1) is 8.32. The van der Waals surface area contributed by atoms with Gasteiger partial charge in [-0.1, -0.05) is 18.2 Å². The minimum atomic E-state index is -0.255. The van der Waals surface area contributed by atoms with E-state index in [1.807, 2.05) is 18.2 Å². The fraction of sp³-hybridized carbons (Fsp3) is 0.571. The Morgan fingerprint density at radius 2 is 1.50 bits per heavy atom. The number of anilines is 1. The van der Waals surface area contributed by atoms with Crippen molar-refractivity contribution in [2.24, 2.45) is 0 Å². The molecule has 1 aromatic carbocycles. The van der Waals surface area contributed by atoms with E-state index >= 15 is 0 Å². The highest BCUT2D eigenvalue weighted by Crippen LogP contribution is 2.36. The van der Waals surface area contributed by atoms with Gasteiger partial charge in [0, 0.05) is 12.7 Å². The van der Waals surface area contributed by atoms with Crippen LogP contribution in [-0.2, 0) is 9.31 Å². The van der Waals surface area contributed by atoms with Crippen LogP contribution in [0.4, 0.5) is 5.69 Å². The molecule has 1 aliphatic rings. The Morgan fingerprint density at radius 1 is 1.00 bits per heavy atom. The molecule has 1 aromatic rings. The minimum Gasteiger partial charge on any atom is -0.402 e. The second-order valence-corrected chi connectivity index (χ2v) is 5.90. The number of nitrogens with zero attached hydrogens (tertiary/aromatic N) is 1. The van der Waals surface area contributed by atoms with E-state index in [1.54, 1.807) is 0 Å². The maximum absolute atomic E-state index is 5.99. The molecule has 1 fully saturated rings. The molecule has 0 atom stereocenters. The molecule has 0 saturated carbocycles. The lowest BCUT2D eigenvalue weighted by atomic mass is 9.89. The summed E-state index contributed by atoms with van der Waals surface area (Å²) in [6.45, 7) is 8.32. The van der Waals surface area contributed by atoms with Crippen molar-refractivity contribution in [1.82, 2.24) is 0 Å². The highest BCUT2D eigenvalue weighted by atomic mass is 16.7. The topological polar surface area (TPSA) is 21.7 Å². The average Bonchev–Trinajstić information content (AvgIpc) is 2.48. The van der Waals surface area contributed by atoms with Gasteiger partial charge < -0.3 is 14.2 Å². The van der Waals surface area contributed by atoms with E-state index in [1.165, 1.54) is 5.69 Å². The normalized spacial score (nSPS) is 21.1. The fourth-order valence-corrected chi connectivity index (χ4v) is 2.05. The van der Waals surface area contributed by atoms with Crippen molar-refractivity contribution < 1.29 is 9.31 Å². The number of hydrogen-bond acceptors (Lipinski definition) is 3. The lowest BCUT2D eigenvalue weighted by Gasteiger charge is -2.32. The molecule has 0 aromatic heterocycles. The van der Waals surface area contributed by atoms with Crippen molar-refractivity contribution in [1.29, 1.82) is 0 Å². The van der Waals surface area contributed by atoms with Crippen LogP contribution >= 0.6 is 0 Å². The van der Waals surface area contributed by atoms with E-state index in [0.29, 0.717) is 0 Å². The molecule has 0 amide bonds. The molecule has 18 heavy (non-hydrogen) atoms. The standard InChI is InChI=1S/C14H22BNO2/c1-13(2)14(3,4)18-15(17-13)11-16(5)12-9-7-6-8-10-12/h6-10H,11H2,1-5H3. The van der Waals surface area contributed by atoms with Crippen molar-refractivity contribution in [2.75, 3.05) is 18.4 Å². The molecule has 1 heterocycles. The summed E-state index contributed by atoms with van der Waals surface area (Å²) < 4.78 is 12.0. The van der Waals surface area contributed by atoms with Gasteiger partial charge in [0.25, 0.3) is 0 Å². The third-order valence-corrected chi connectivity index (χ3v) is 3.92. The van der Waals surface area contributed by atoms with Gasteiger partial charge in [-0.05, 0) is 39.8 Å². The van der Waals surface area contributed by atoms with Crippen LogP contribution in [0.1, 0.15) is 27.7 Å². The summed E-state index contributed by atoms with van der Waals surface area (Å²) in [4.78, 5) is 2.15. The molecule has 4 heteroatoms. The molecule has 98 valence electrons. The minimum absolute atomic E-state index is 0.180. The van der Waals surface area contributed by atoms with E-state index in [4.69, 9.17) is 9.31 Å². The van der Waals surface area contributed by atoms with Gasteiger partial charge in [0.1, 0.15) is 0 Å². The Bertz CT molecular complexity index is 390. The monoisotopic (exact) mass is 247 g/mol. The highest BCUT2D eigenvalue weighted by Gasteiger charge is 2.51. The molecule has 1 aliphatic heterocycles.